The smallest absolute Gasteiger partial charge is 0.165 e. The molecule has 2 rings (SSSR count). The Morgan fingerprint density at radius 2 is 2.16 bits per heavy atom. The van der Waals surface area contributed by atoms with E-state index >= 15 is 0 Å². The molecule has 1 saturated heterocycles. The van der Waals surface area contributed by atoms with Crippen molar-refractivity contribution in [2.24, 2.45) is 5.92 Å². The van der Waals surface area contributed by atoms with Gasteiger partial charge in [0.05, 0.1) is 5.92 Å². The number of piperidine rings is 1. The van der Waals surface area contributed by atoms with Crippen LogP contribution in [-0.4, -0.2) is 41.8 Å². The Hall–Kier alpha value is -1.23. The highest BCUT2D eigenvalue weighted by Crippen LogP contribution is 2.19. The number of ketones is 1. The third kappa shape index (κ3) is 3.86. The van der Waals surface area contributed by atoms with Gasteiger partial charge in [0.25, 0.3) is 0 Å². The van der Waals surface area contributed by atoms with Crippen LogP contribution in [0.15, 0.2) is 30.3 Å². The minimum atomic E-state index is -0.976. The maximum Gasteiger partial charge on any atom is 0.165 e. The number of aliphatic hydroxyl groups is 1. The van der Waals surface area contributed by atoms with Gasteiger partial charge in [-0.25, -0.2) is 0 Å². The van der Waals surface area contributed by atoms with Crippen LogP contribution >= 0.6 is 0 Å². The van der Waals surface area contributed by atoms with E-state index in [-0.39, 0.29) is 5.78 Å². The Balaban J connectivity index is 1.95. The number of benzene rings is 1. The fraction of sp³-hybridized carbons (Fsp3) is 0.533. The predicted octanol–water partition coefficient (Wildman–Crippen LogP) is 1.43. The van der Waals surface area contributed by atoms with Crippen molar-refractivity contribution in [1.82, 2.24) is 4.90 Å². The highest BCUT2D eigenvalue weighted by Gasteiger charge is 2.32. The summed E-state index contributed by atoms with van der Waals surface area (Å²) in [7, 11) is 0. The van der Waals surface area contributed by atoms with Gasteiger partial charge in [0.2, 0.25) is 0 Å². The van der Waals surface area contributed by atoms with Crippen LogP contribution in [-0.2, 0) is 16.1 Å². The van der Waals surface area contributed by atoms with Crippen molar-refractivity contribution in [2.45, 2.75) is 26.2 Å². The topological polar surface area (TPSA) is 49.8 Å². The summed E-state index contributed by atoms with van der Waals surface area (Å²) in [4.78, 5) is 14.0. The zero-order chi connectivity index (χ0) is 13.7. The van der Waals surface area contributed by atoms with Gasteiger partial charge in [0, 0.05) is 32.7 Å². The number of rotatable bonds is 5. The first-order valence-corrected chi connectivity index (χ1v) is 6.79. The summed E-state index contributed by atoms with van der Waals surface area (Å²) in [5.41, 5.74) is 1.22. The molecule has 0 spiro atoms. The van der Waals surface area contributed by atoms with E-state index in [2.05, 4.69) is 17.0 Å². The summed E-state index contributed by atoms with van der Waals surface area (Å²) in [6, 6.07) is 10.2. The Morgan fingerprint density at radius 1 is 1.42 bits per heavy atom. The Labute approximate surface area is 114 Å². The molecule has 1 heterocycles. The largest absolute Gasteiger partial charge is 0.367 e. The fourth-order valence-corrected chi connectivity index (χ4v) is 2.45. The van der Waals surface area contributed by atoms with Gasteiger partial charge in [-0.15, -0.1) is 0 Å². The summed E-state index contributed by atoms with van der Waals surface area (Å²) in [5, 5.41) is 9.86. The molecule has 0 aromatic heterocycles. The molecule has 2 unspecified atom stereocenters. The van der Waals surface area contributed by atoms with E-state index in [1.54, 1.807) is 0 Å². The van der Waals surface area contributed by atoms with Crippen LogP contribution < -0.4 is 0 Å². The monoisotopic (exact) mass is 263 g/mol. The van der Waals surface area contributed by atoms with E-state index in [1.165, 1.54) is 5.56 Å². The molecular weight excluding hydrogens is 242 g/mol. The minimum Gasteiger partial charge on any atom is -0.367 e. The van der Waals surface area contributed by atoms with Crippen molar-refractivity contribution in [3.05, 3.63) is 35.9 Å². The summed E-state index contributed by atoms with van der Waals surface area (Å²) >= 11 is 0. The zero-order valence-corrected chi connectivity index (χ0v) is 11.3. The summed E-state index contributed by atoms with van der Waals surface area (Å²) in [6.07, 6.45) is -0.488. The molecule has 1 aliphatic heterocycles. The van der Waals surface area contributed by atoms with Gasteiger partial charge in [-0.2, -0.15) is 0 Å². The molecule has 2 atom stereocenters. The molecule has 1 aromatic carbocycles. The van der Waals surface area contributed by atoms with Crippen LogP contribution in [0.5, 0.6) is 0 Å². The van der Waals surface area contributed by atoms with Gasteiger partial charge in [-0.3, -0.25) is 9.69 Å². The number of hydrogen-bond donors (Lipinski definition) is 1. The molecule has 104 valence electrons. The lowest BCUT2D eigenvalue weighted by atomic mass is 9.95. The highest BCUT2D eigenvalue weighted by molar-refractivity contribution is 5.82. The molecule has 4 nitrogen and oxygen atoms in total. The van der Waals surface area contributed by atoms with Crippen molar-refractivity contribution in [3.63, 3.8) is 0 Å². The van der Waals surface area contributed by atoms with Gasteiger partial charge >= 0.3 is 0 Å². The summed E-state index contributed by atoms with van der Waals surface area (Å²) < 4.78 is 5.16. The number of Topliss-reactive ketones (excluding diaryl/α,β-unsaturated/α-hetero) is 1. The lowest BCUT2D eigenvalue weighted by molar-refractivity contribution is -0.160. The number of ether oxygens (including phenoxy) is 1. The molecule has 0 amide bonds. The van der Waals surface area contributed by atoms with E-state index < -0.39 is 12.2 Å². The van der Waals surface area contributed by atoms with E-state index in [4.69, 9.17) is 4.74 Å². The molecule has 19 heavy (non-hydrogen) atoms. The molecule has 1 aliphatic rings. The lowest BCUT2D eigenvalue weighted by Crippen LogP contribution is -2.46. The summed E-state index contributed by atoms with van der Waals surface area (Å²) in [6.45, 7) is 4.36. The van der Waals surface area contributed by atoms with Gasteiger partial charge < -0.3 is 9.84 Å². The molecule has 1 N–H and O–H groups in total. The average Bonchev–Trinajstić information content (AvgIpc) is 2.42. The molecule has 4 heteroatoms. The maximum absolute atomic E-state index is 11.8. The first kappa shape index (κ1) is 14.2. The second kappa shape index (κ2) is 6.80. The van der Waals surface area contributed by atoms with E-state index in [1.807, 2.05) is 25.1 Å². The number of likely N-dealkylation sites (tertiary alicyclic amines) is 1. The Morgan fingerprint density at radius 3 is 2.84 bits per heavy atom. The third-order valence-corrected chi connectivity index (χ3v) is 3.47. The number of carbonyl (C=O) groups excluding carboxylic acids is 1. The molecular formula is C15H21NO3. The van der Waals surface area contributed by atoms with Gasteiger partial charge in [-0.05, 0) is 12.5 Å². The molecule has 1 fully saturated rings. The van der Waals surface area contributed by atoms with Crippen molar-refractivity contribution in [1.29, 1.82) is 0 Å². The van der Waals surface area contributed by atoms with Crippen LogP contribution in [0.2, 0.25) is 0 Å². The fourth-order valence-electron chi connectivity index (χ4n) is 2.45. The van der Waals surface area contributed by atoms with Crippen molar-refractivity contribution in [3.8, 4) is 0 Å². The van der Waals surface area contributed by atoms with Crippen LogP contribution in [0.25, 0.3) is 0 Å². The molecule has 1 aromatic rings. The van der Waals surface area contributed by atoms with Gasteiger partial charge in [0.15, 0.2) is 6.29 Å². The number of aliphatic hydroxyl groups excluding tert-OH is 1. The molecule has 0 saturated carbocycles. The molecule has 0 aliphatic carbocycles. The zero-order valence-electron chi connectivity index (χ0n) is 11.3. The van der Waals surface area contributed by atoms with E-state index in [0.29, 0.717) is 19.6 Å². The average molecular weight is 263 g/mol. The maximum atomic E-state index is 11.8. The number of nitrogens with zero attached hydrogens (tertiary/aromatic N) is 1. The molecule has 0 bridgehead atoms. The first-order chi connectivity index (χ1) is 9.20. The first-order valence-electron chi connectivity index (χ1n) is 6.79. The normalized spacial score (nSPS) is 22.4. The quantitative estimate of drug-likeness (QED) is 0.817. The second-order valence-electron chi connectivity index (χ2n) is 4.89. The lowest BCUT2D eigenvalue weighted by Gasteiger charge is -2.33. The van der Waals surface area contributed by atoms with Crippen molar-refractivity contribution >= 4 is 5.78 Å². The SMILES string of the molecule is CCOC(O)C1CN(Cc2ccccc2)CCC1=O. The highest BCUT2D eigenvalue weighted by atomic mass is 16.6. The third-order valence-electron chi connectivity index (χ3n) is 3.47. The van der Waals surface area contributed by atoms with Crippen LogP contribution in [0.1, 0.15) is 18.9 Å². The van der Waals surface area contributed by atoms with Crippen molar-refractivity contribution < 1.29 is 14.6 Å². The van der Waals surface area contributed by atoms with Crippen LogP contribution in [0, 0.1) is 5.92 Å². The van der Waals surface area contributed by atoms with Crippen LogP contribution in [0.3, 0.4) is 0 Å². The second-order valence-corrected chi connectivity index (χ2v) is 4.89. The minimum absolute atomic E-state index is 0.102. The van der Waals surface area contributed by atoms with E-state index in [0.717, 1.165) is 13.1 Å². The predicted molar refractivity (Wildman–Crippen MR) is 72.5 cm³/mol. The van der Waals surface area contributed by atoms with Gasteiger partial charge in [-0.1, -0.05) is 30.3 Å². The Bertz CT molecular complexity index is 407. The van der Waals surface area contributed by atoms with Crippen LogP contribution in [0.4, 0.5) is 0 Å². The van der Waals surface area contributed by atoms with Crippen molar-refractivity contribution in [2.75, 3.05) is 19.7 Å². The Kier molecular flexibility index (Phi) is 5.07. The standard InChI is InChI=1S/C15H21NO3/c1-2-19-15(18)13-11-16(9-8-14(13)17)10-12-6-4-3-5-7-12/h3-7,13,15,18H,2,8-11H2,1H3. The number of carbonyl (C=O) groups is 1. The number of hydrogen-bond acceptors (Lipinski definition) is 4. The van der Waals surface area contributed by atoms with Gasteiger partial charge in [0.1, 0.15) is 5.78 Å². The molecule has 0 radical (unpaired) electrons. The summed E-state index contributed by atoms with van der Waals surface area (Å²) in [5.74, 6) is -0.317. The van der Waals surface area contributed by atoms with E-state index in [9.17, 15) is 9.90 Å².